The smallest absolute Gasteiger partial charge is 0.272 e. The van der Waals surface area contributed by atoms with Crippen molar-refractivity contribution in [3.05, 3.63) is 73.7 Å². The number of fused-ring (bicyclic) bond motifs is 1. The van der Waals surface area contributed by atoms with Crippen LogP contribution < -0.4 is 4.74 Å². The van der Waals surface area contributed by atoms with Crippen molar-refractivity contribution in [3.8, 4) is 11.5 Å². The first kappa shape index (κ1) is 15.9. The van der Waals surface area contributed by atoms with E-state index in [0.717, 1.165) is 10.8 Å². The lowest BCUT2D eigenvalue weighted by Gasteiger charge is -2.12. The van der Waals surface area contributed by atoms with Gasteiger partial charge in [0.1, 0.15) is 5.75 Å². The first-order chi connectivity index (χ1) is 11.0. The van der Waals surface area contributed by atoms with Gasteiger partial charge >= 0.3 is 0 Å². The van der Waals surface area contributed by atoms with Crippen LogP contribution >= 0.6 is 34.8 Å². The minimum atomic E-state index is -0.579. The second kappa shape index (κ2) is 6.24. The Bertz CT molecular complexity index is 905. The molecule has 0 amide bonds. The average molecular weight is 369 g/mol. The molecule has 4 nitrogen and oxygen atoms in total. The molecule has 3 aromatic carbocycles. The quantitative estimate of drug-likeness (QED) is 0.391. The van der Waals surface area contributed by atoms with Gasteiger partial charge in [0.2, 0.25) is 0 Å². The normalized spacial score (nSPS) is 10.7. The summed E-state index contributed by atoms with van der Waals surface area (Å²) in [7, 11) is 0. The maximum absolute atomic E-state index is 10.8. The predicted octanol–water partition coefficient (Wildman–Crippen LogP) is 6.50. The van der Waals surface area contributed by atoms with E-state index in [2.05, 4.69) is 0 Å². The summed E-state index contributed by atoms with van der Waals surface area (Å²) in [6.07, 6.45) is 0. The summed E-state index contributed by atoms with van der Waals surface area (Å²) in [4.78, 5) is 10.2. The summed E-state index contributed by atoms with van der Waals surface area (Å²) in [6.45, 7) is 0. The number of nitro groups is 1. The van der Waals surface area contributed by atoms with Crippen LogP contribution in [-0.4, -0.2) is 4.92 Å². The van der Waals surface area contributed by atoms with Crippen molar-refractivity contribution in [3.63, 3.8) is 0 Å². The van der Waals surface area contributed by atoms with E-state index in [0.29, 0.717) is 10.8 Å². The van der Waals surface area contributed by atoms with Gasteiger partial charge in [0.15, 0.2) is 5.75 Å². The van der Waals surface area contributed by atoms with Gasteiger partial charge in [-0.3, -0.25) is 10.1 Å². The van der Waals surface area contributed by atoms with E-state index in [9.17, 15) is 10.1 Å². The molecule has 0 aliphatic carbocycles. The Morgan fingerprint density at radius 1 is 0.957 bits per heavy atom. The lowest BCUT2D eigenvalue weighted by atomic mass is 10.1. The third-order valence-electron chi connectivity index (χ3n) is 3.23. The van der Waals surface area contributed by atoms with Gasteiger partial charge in [-0.1, -0.05) is 65.1 Å². The van der Waals surface area contributed by atoms with Crippen LogP contribution in [0.3, 0.4) is 0 Å². The van der Waals surface area contributed by atoms with Crippen molar-refractivity contribution in [1.82, 2.24) is 0 Å². The van der Waals surface area contributed by atoms with Gasteiger partial charge < -0.3 is 4.74 Å². The van der Waals surface area contributed by atoms with E-state index in [-0.39, 0.29) is 21.5 Å². The van der Waals surface area contributed by atoms with E-state index < -0.39 is 4.92 Å². The van der Waals surface area contributed by atoms with Crippen LogP contribution in [0.25, 0.3) is 10.8 Å². The summed E-state index contributed by atoms with van der Waals surface area (Å²) < 4.78 is 5.70. The number of hydrogen-bond donors (Lipinski definition) is 0. The fourth-order valence-electron chi connectivity index (χ4n) is 2.15. The van der Waals surface area contributed by atoms with Crippen LogP contribution in [0.1, 0.15) is 0 Å². The first-order valence-corrected chi connectivity index (χ1v) is 7.59. The molecule has 0 saturated carbocycles. The van der Waals surface area contributed by atoms with Crippen LogP contribution in [0.4, 0.5) is 5.69 Å². The molecular weight excluding hydrogens is 361 g/mol. The lowest BCUT2D eigenvalue weighted by molar-refractivity contribution is -0.384. The maximum atomic E-state index is 10.8. The van der Waals surface area contributed by atoms with Crippen molar-refractivity contribution in [2.24, 2.45) is 0 Å². The van der Waals surface area contributed by atoms with Gasteiger partial charge in [-0.15, -0.1) is 0 Å². The third-order valence-corrected chi connectivity index (χ3v) is 4.19. The van der Waals surface area contributed by atoms with Crippen molar-refractivity contribution in [2.45, 2.75) is 0 Å². The molecule has 0 atom stereocenters. The van der Waals surface area contributed by atoms with Crippen LogP contribution in [0.5, 0.6) is 11.5 Å². The number of rotatable bonds is 3. The molecule has 0 saturated heterocycles. The van der Waals surface area contributed by atoms with E-state index in [1.165, 1.54) is 12.1 Å². The molecule has 3 rings (SSSR count). The minimum absolute atomic E-state index is 0.0356. The molecule has 116 valence electrons. The molecule has 23 heavy (non-hydrogen) atoms. The zero-order chi connectivity index (χ0) is 16.6. The topological polar surface area (TPSA) is 52.4 Å². The highest BCUT2D eigenvalue weighted by Gasteiger charge is 2.18. The molecule has 0 aliphatic rings. The molecule has 0 aliphatic heterocycles. The van der Waals surface area contributed by atoms with Gasteiger partial charge in [-0.25, -0.2) is 0 Å². The third kappa shape index (κ3) is 3.06. The minimum Gasteiger partial charge on any atom is -0.453 e. The largest absolute Gasteiger partial charge is 0.453 e. The first-order valence-electron chi connectivity index (χ1n) is 6.46. The average Bonchev–Trinajstić information content (AvgIpc) is 2.52. The highest BCUT2D eigenvalue weighted by molar-refractivity contribution is 6.38. The highest BCUT2D eigenvalue weighted by Crippen LogP contribution is 2.42. The van der Waals surface area contributed by atoms with Crippen molar-refractivity contribution in [2.75, 3.05) is 0 Å². The van der Waals surface area contributed by atoms with Gasteiger partial charge in [0.05, 0.1) is 20.0 Å². The van der Waals surface area contributed by atoms with Crippen molar-refractivity contribution >= 4 is 51.3 Å². The van der Waals surface area contributed by atoms with Crippen molar-refractivity contribution in [1.29, 1.82) is 0 Å². The zero-order valence-corrected chi connectivity index (χ0v) is 13.7. The molecule has 0 fully saturated rings. The Morgan fingerprint density at radius 2 is 1.61 bits per heavy atom. The molecule has 0 unspecified atom stereocenters. The van der Waals surface area contributed by atoms with Crippen LogP contribution in [0, 0.1) is 10.1 Å². The fraction of sp³-hybridized carbons (Fsp3) is 0. The number of hydrogen-bond acceptors (Lipinski definition) is 3. The highest BCUT2D eigenvalue weighted by atomic mass is 35.5. The molecular formula is C16H8Cl3NO3. The van der Waals surface area contributed by atoms with Crippen LogP contribution in [0.2, 0.25) is 15.1 Å². The molecule has 0 radical (unpaired) electrons. The van der Waals surface area contributed by atoms with Gasteiger partial charge in [-0.2, -0.15) is 0 Å². The molecule has 0 heterocycles. The molecule has 0 N–H and O–H groups in total. The standard InChI is InChI=1S/C16H8Cl3NO3/c17-12-7-10(20(21)22)8-13(18)16(12)23-14-6-5-9-3-1-2-4-11(9)15(14)19/h1-8H. The van der Waals surface area contributed by atoms with Gasteiger partial charge in [-0.05, 0) is 11.5 Å². The van der Waals surface area contributed by atoms with Crippen LogP contribution in [-0.2, 0) is 0 Å². The Hall–Kier alpha value is -2.01. The molecule has 3 aromatic rings. The summed E-state index contributed by atoms with van der Waals surface area (Å²) in [5, 5.41) is 13.1. The monoisotopic (exact) mass is 367 g/mol. The number of nitro benzene ring substituents is 1. The van der Waals surface area contributed by atoms with Gasteiger partial charge in [0.25, 0.3) is 5.69 Å². The number of non-ortho nitro benzene ring substituents is 1. The second-order valence-electron chi connectivity index (χ2n) is 4.70. The Labute approximate surface area is 146 Å². The van der Waals surface area contributed by atoms with E-state index in [1.807, 2.05) is 30.3 Å². The van der Waals surface area contributed by atoms with E-state index in [1.54, 1.807) is 6.07 Å². The molecule has 7 heteroatoms. The summed E-state index contributed by atoms with van der Waals surface area (Å²) in [5.74, 6) is 0.485. The molecule has 0 spiro atoms. The number of halogens is 3. The molecule has 0 bridgehead atoms. The van der Waals surface area contributed by atoms with E-state index >= 15 is 0 Å². The fourth-order valence-corrected chi connectivity index (χ4v) is 2.98. The Morgan fingerprint density at radius 3 is 2.26 bits per heavy atom. The summed E-state index contributed by atoms with van der Waals surface area (Å²) in [5.41, 5.74) is -0.211. The number of nitrogens with zero attached hydrogens (tertiary/aromatic N) is 1. The zero-order valence-electron chi connectivity index (χ0n) is 11.4. The SMILES string of the molecule is O=[N+]([O-])c1cc(Cl)c(Oc2ccc3ccccc3c2Cl)c(Cl)c1. The predicted molar refractivity (Wildman–Crippen MR) is 92.1 cm³/mol. The summed E-state index contributed by atoms with van der Waals surface area (Å²) in [6, 6.07) is 13.5. The second-order valence-corrected chi connectivity index (χ2v) is 5.89. The number of ether oxygens (including phenoxy) is 1. The lowest BCUT2D eigenvalue weighted by Crippen LogP contribution is -1.92. The van der Waals surface area contributed by atoms with Crippen molar-refractivity contribution < 1.29 is 9.66 Å². The van der Waals surface area contributed by atoms with Gasteiger partial charge in [0, 0.05) is 17.5 Å². The van der Waals surface area contributed by atoms with E-state index in [4.69, 9.17) is 39.5 Å². The Balaban J connectivity index is 2.06. The number of benzene rings is 3. The summed E-state index contributed by atoms with van der Waals surface area (Å²) >= 11 is 18.4. The maximum Gasteiger partial charge on any atom is 0.272 e. The Kier molecular flexibility index (Phi) is 4.31. The van der Waals surface area contributed by atoms with Crippen LogP contribution in [0.15, 0.2) is 48.5 Å². The molecule has 0 aromatic heterocycles.